The van der Waals surface area contributed by atoms with Gasteiger partial charge in [-0.05, 0) is 6.07 Å². The van der Waals surface area contributed by atoms with Crippen LogP contribution in [0.25, 0.3) is 0 Å². The van der Waals surface area contributed by atoms with Gasteiger partial charge in [-0.2, -0.15) is 0 Å². The number of nitro benzene ring substituents is 1. The summed E-state index contributed by atoms with van der Waals surface area (Å²) >= 11 is 8.89. The fraction of sp³-hybridized carbons (Fsp3) is 0.111. The maximum Gasteiger partial charge on any atom is 0.286 e. The van der Waals surface area contributed by atoms with Crippen molar-refractivity contribution in [1.29, 1.82) is 0 Å². The van der Waals surface area contributed by atoms with Crippen LogP contribution in [0.2, 0.25) is 5.02 Å². The second kappa shape index (κ2) is 4.99. The summed E-state index contributed by atoms with van der Waals surface area (Å²) in [7, 11) is 0. The summed E-state index contributed by atoms with van der Waals surface area (Å²) in [6.07, 6.45) is 0. The lowest BCUT2D eigenvalue weighted by Gasteiger charge is -1.96. The molecule has 0 atom stereocenters. The van der Waals surface area contributed by atoms with Gasteiger partial charge in [-0.15, -0.1) is 0 Å². The average molecular weight is 275 g/mol. The minimum atomic E-state index is -0.496. The van der Waals surface area contributed by atoms with Crippen molar-refractivity contribution in [2.75, 3.05) is 5.33 Å². The van der Waals surface area contributed by atoms with Gasteiger partial charge in [0.25, 0.3) is 5.69 Å². The Morgan fingerprint density at radius 3 is 2.86 bits per heavy atom. The van der Waals surface area contributed by atoms with Crippen LogP contribution in [0.1, 0.15) is 5.56 Å². The minimum Gasteiger partial charge on any atom is -0.258 e. The van der Waals surface area contributed by atoms with Gasteiger partial charge in [-0.25, -0.2) is 0 Å². The molecule has 0 radical (unpaired) electrons. The molecule has 0 aliphatic rings. The van der Waals surface area contributed by atoms with Crippen LogP contribution in [-0.4, -0.2) is 10.3 Å². The summed E-state index contributed by atoms with van der Waals surface area (Å²) in [5.41, 5.74) is 0.199. The van der Waals surface area contributed by atoms with E-state index in [1.54, 1.807) is 6.07 Å². The second-order valence-electron chi connectivity index (χ2n) is 2.33. The van der Waals surface area contributed by atoms with E-state index in [1.165, 1.54) is 12.1 Å². The summed E-state index contributed by atoms with van der Waals surface area (Å²) in [5.74, 6) is 5.32. The van der Waals surface area contributed by atoms with Gasteiger partial charge in [-0.3, -0.25) is 10.1 Å². The molecule has 1 aromatic rings. The van der Waals surface area contributed by atoms with Gasteiger partial charge >= 0.3 is 0 Å². The van der Waals surface area contributed by atoms with Crippen molar-refractivity contribution in [3.05, 3.63) is 38.9 Å². The molecule has 5 heteroatoms. The topological polar surface area (TPSA) is 43.1 Å². The number of rotatable bonds is 1. The van der Waals surface area contributed by atoms with E-state index in [0.29, 0.717) is 10.4 Å². The van der Waals surface area contributed by atoms with Gasteiger partial charge in [-0.1, -0.05) is 45.4 Å². The van der Waals surface area contributed by atoms with Crippen LogP contribution in [0, 0.1) is 22.0 Å². The molecule has 0 saturated heterocycles. The molecule has 72 valence electrons. The van der Waals surface area contributed by atoms with E-state index in [-0.39, 0.29) is 11.3 Å². The Morgan fingerprint density at radius 1 is 1.57 bits per heavy atom. The maximum absolute atomic E-state index is 10.6. The SMILES string of the molecule is O=[N+]([O-])c1cccc(Cl)c1C#CCBr. The highest BCUT2D eigenvalue weighted by molar-refractivity contribution is 9.09. The third-order valence-corrected chi connectivity index (χ3v) is 2.06. The summed E-state index contributed by atoms with van der Waals surface area (Å²) in [6, 6.07) is 4.48. The van der Waals surface area contributed by atoms with E-state index in [4.69, 9.17) is 11.6 Å². The monoisotopic (exact) mass is 273 g/mol. The summed E-state index contributed by atoms with van der Waals surface area (Å²) < 4.78 is 0. The third kappa shape index (κ3) is 2.47. The van der Waals surface area contributed by atoms with Crippen LogP contribution >= 0.6 is 27.5 Å². The Bertz CT molecular complexity index is 423. The lowest BCUT2D eigenvalue weighted by atomic mass is 10.2. The van der Waals surface area contributed by atoms with E-state index in [0.717, 1.165) is 0 Å². The third-order valence-electron chi connectivity index (χ3n) is 1.47. The zero-order valence-electron chi connectivity index (χ0n) is 6.96. The number of alkyl halides is 1. The molecule has 0 aliphatic heterocycles. The van der Waals surface area contributed by atoms with Crippen LogP contribution in [0.4, 0.5) is 5.69 Å². The fourth-order valence-electron chi connectivity index (χ4n) is 0.910. The molecule has 0 amide bonds. The predicted molar refractivity (Wildman–Crippen MR) is 58.8 cm³/mol. The Labute approximate surface area is 94.3 Å². The molecule has 0 bridgehead atoms. The molecule has 0 heterocycles. The normalized spacial score (nSPS) is 9.00. The Morgan fingerprint density at radius 2 is 2.29 bits per heavy atom. The van der Waals surface area contributed by atoms with Gasteiger partial charge in [0, 0.05) is 6.07 Å². The highest BCUT2D eigenvalue weighted by atomic mass is 79.9. The number of nitro groups is 1. The molecule has 0 aliphatic carbocycles. The number of hydrogen-bond donors (Lipinski definition) is 0. The quantitative estimate of drug-likeness (QED) is 0.342. The molecule has 14 heavy (non-hydrogen) atoms. The van der Waals surface area contributed by atoms with Crippen LogP contribution in [0.5, 0.6) is 0 Å². The van der Waals surface area contributed by atoms with Crippen LogP contribution in [0.15, 0.2) is 18.2 Å². The fourth-order valence-corrected chi connectivity index (χ4v) is 1.27. The Balaban J connectivity index is 3.29. The number of benzene rings is 1. The number of halogens is 2. The van der Waals surface area contributed by atoms with E-state index in [9.17, 15) is 10.1 Å². The summed E-state index contributed by atoms with van der Waals surface area (Å²) in [4.78, 5) is 10.1. The van der Waals surface area contributed by atoms with Crippen LogP contribution in [0.3, 0.4) is 0 Å². The Kier molecular flexibility index (Phi) is 3.93. The van der Waals surface area contributed by atoms with Crippen LogP contribution in [-0.2, 0) is 0 Å². The summed E-state index contributed by atoms with van der Waals surface area (Å²) in [5, 5.41) is 11.4. The predicted octanol–water partition coefficient (Wildman–Crippen LogP) is 2.99. The molecule has 0 aromatic heterocycles. The molecule has 0 fully saturated rings. The largest absolute Gasteiger partial charge is 0.286 e. The molecule has 0 N–H and O–H groups in total. The van der Waals surface area contributed by atoms with Crippen molar-refractivity contribution in [2.24, 2.45) is 0 Å². The number of hydrogen-bond acceptors (Lipinski definition) is 2. The molecule has 0 unspecified atom stereocenters. The van der Waals surface area contributed by atoms with Gasteiger partial charge in [0.1, 0.15) is 5.56 Å². The first-order valence-corrected chi connectivity index (χ1v) is 5.14. The first-order chi connectivity index (χ1) is 6.66. The van der Waals surface area contributed by atoms with Gasteiger partial charge in [0.15, 0.2) is 0 Å². The molecule has 1 aromatic carbocycles. The first kappa shape index (κ1) is 11.0. The molecular formula is C9H5BrClNO2. The minimum absolute atomic E-state index is 0.0639. The highest BCUT2D eigenvalue weighted by Gasteiger charge is 2.13. The van der Waals surface area contributed by atoms with Crippen molar-refractivity contribution in [1.82, 2.24) is 0 Å². The summed E-state index contributed by atoms with van der Waals surface area (Å²) in [6.45, 7) is 0. The van der Waals surface area contributed by atoms with Crippen molar-refractivity contribution in [3.8, 4) is 11.8 Å². The van der Waals surface area contributed by atoms with Crippen molar-refractivity contribution >= 4 is 33.2 Å². The van der Waals surface area contributed by atoms with E-state index >= 15 is 0 Å². The molecule has 3 nitrogen and oxygen atoms in total. The molecule has 0 saturated carbocycles. The zero-order chi connectivity index (χ0) is 10.6. The molecule has 0 spiro atoms. The molecular weight excluding hydrogens is 269 g/mol. The number of nitrogens with zero attached hydrogens (tertiary/aromatic N) is 1. The van der Waals surface area contributed by atoms with Gasteiger partial charge in [0.2, 0.25) is 0 Å². The molecule has 1 rings (SSSR count). The highest BCUT2D eigenvalue weighted by Crippen LogP contribution is 2.24. The average Bonchev–Trinajstić information content (AvgIpc) is 2.15. The second-order valence-corrected chi connectivity index (χ2v) is 3.29. The lowest BCUT2D eigenvalue weighted by molar-refractivity contribution is -0.385. The first-order valence-electron chi connectivity index (χ1n) is 3.64. The Hall–Kier alpha value is -1.05. The van der Waals surface area contributed by atoms with Crippen molar-refractivity contribution < 1.29 is 4.92 Å². The van der Waals surface area contributed by atoms with Gasteiger partial charge < -0.3 is 0 Å². The van der Waals surface area contributed by atoms with E-state index < -0.39 is 4.92 Å². The van der Waals surface area contributed by atoms with E-state index in [2.05, 4.69) is 27.8 Å². The van der Waals surface area contributed by atoms with E-state index in [1.807, 2.05) is 0 Å². The van der Waals surface area contributed by atoms with Crippen molar-refractivity contribution in [3.63, 3.8) is 0 Å². The van der Waals surface area contributed by atoms with Crippen LogP contribution < -0.4 is 0 Å². The van der Waals surface area contributed by atoms with Gasteiger partial charge in [0.05, 0.1) is 15.3 Å². The standard InChI is InChI=1S/C9H5BrClNO2/c10-6-2-3-7-8(11)4-1-5-9(7)12(13)14/h1,4-5H,6H2. The smallest absolute Gasteiger partial charge is 0.258 e. The van der Waals surface area contributed by atoms with Crippen molar-refractivity contribution in [2.45, 2.75) is 0 Å². The zero-order valence-corrected chi connectivity index (χ0v) is 9.30. The lowest BCUT2D eigenvalue weighted by Crippen LogP contribution is -1.92. The maximum atomic E-state index is 10.6.